The maximum Gasteiger partial charge on any atom is 0.320 e. The Labute approximate surface area is 96.8 Å². The molecule has 7 nitrogen and oxygen atoms in total. The van der Waals surface area contributed by atoms with E-state index in [4.69, 9.17) is 0 Å². The maximum absolute atomic E-state index is 11.2. The largest absolute Gasteiger partial charge is 0.337 e. The molecular formula is C8H10N4O3S. The Balaban J connectivity index is 2.55. The summed E-state index contributed by atoms with van der Waals surface area (Å²) in [7, 11) is 0. The molecule has 0 spiro atoms. The number of anilines is 1. The number of nitrogens with one attached hydrogen (secondary N) is 2. The number of nitrogens with zero attached hydrogens (tertiary/aromatic N) is 2. The lowest BCUT2D eigenvalue weighted by Crippen LogP contribution is -2.30. The Morgan fingerprint density at radius 2 is 2.31 bits per heavy atom. The van der Waals surface area contributed by atoms with Gasteiger partial charge in [0, 0.05) is 18.4 Å². The molecule has 0 aromatic carbocycles. The molecule has 0 radical (unpaired) electrons. The maximum atomic E-state index is 11.2. The van der Waals surface area contributed by atoms with Crippen molar-refractivity contribution >= 4 is 30.2 Å². The van der Waals surface area contributed by atoms with E-state index in [2.05, 4.69) is 28.2 Å². The summed E-state index contributed by atoms with van der Waals surface area (Å²) < 4.78 is 0. The topological polar surface area (TPSA) is 97.2 Å². The summed E-state index contributed by atoms with van der Waals surface area (Å²) in [6, 6.07) is 2.20. The smallest absolute Gasteiger partial charge is 0.320 e. The van der Waals surface area contributed by atoms with Crippen LogP contribution in [0.25, 0.3) is 0 Å². The molecule has 0 saturated heterocycles. The van der Waals surface area contributed by atoms with E-state index in [9.17, 15) is 14.9 Å². The molecule has 0 aliphatic rings. The molecule has 2 amide bonds. The van der Waals surface area contributed by atoms with Gasteiger partial charge in [-0.05, 0) is 6.07 Å². The summed E-state index contributed by atoms with van der Waals surface area (Å²) in [5.74, 6) is 0.781. The number of carbonyl (C=O) groups excluding carboxylic acids is 1. The first-order valence-corrected chi connectivity index (χ1v) is 5.03. The van der Waals surface area contributed by atoms with Crippen molar-refractivity contribution in [2.45, 2.75) is 0 Å². The fourth-order valence-electron chi connectivity index (χ4n) is 0.898. The fraction of sp³-hybridized carbons (Fsp3) is 0.250. The zero-order valence-electron chi connectivity index (χ0n) is 8.21. The number of nitro groups is 1. The summed E-state index contributed by atoms with van der Waals surface area (Å²) in [6.45, 7) is 0.432. The van der Waals surface area contributed by atoms with Crippen LogP contribution in [-0.4, -0.2) is 28.2 Å². The van der Waals surface area contributed by atoms with Crippen LogP contribution >= 0.6 is 12.6 Å². The van der Waals surface area contributed by atoms with Gasteiger partial charge < -0.3 is 5.32 Å². The molecule has 0 bridgehead atoms. The minimum absolute atomic E-state index is 0.124. The standard InChI is InChI=1S/C8H10N4O3S/c13-8(9-3-4-16)11-7-2-1-6(5-10-7)12(14)15/h1-2,5,16H,3-4H2,(H2,9,10,11,13). The third kappa shape index (κ3) is 3.73. The van der Waals surface area contributed by atoms with Crippen LogP contribution in [0.5, 0.6) is 0 Å². The minimum atomic E-state index is -0.558. The number of urea groups is 1. The van der Waals surface area contributed by atoms with Crippen molar-refractivity contribution in [1.29, 1.82) is 0 Å². The number of pyridine rings is 1. The molecular weight excluding hydrogens is 232 g/mol. The number of aromatic nitrogens is 1. The van der Waals surface area contributed by atoms with Gasteiger partial charge in [-0.15, -0.1) is 0 Å². The van der Waals surface area contributed by atoms with E-state index in [1.165, 1.54) is 12.1 Å². The Bertz CT molecular complexity index is 381. The van der Waals surface area contributed by atoms with Crippen molar-refractivity contribution in [3.63, 3.8) is 0 Å². The normalized spacial score (nSPS) is 9.56. The zero-order chi connectivity index (χ0) is 12.0. The van der Waals surface area contributed by atoms with E-state index in [0.29, 0.717) is 12.3 Å². The molecule has 1 aromatic heterocycles. The van der Waals surface area contributed by atoms with Crippen molar-refractivity contribution in [2.24, 2.45) is 0 Å². The molecule has 1 rings (SSSR count). The molecule has 86 valence electrons. The molecule has 1 aromatic rings. The number of hydrogen-bond donors (Lipinski definition) is 3. The van der Waals surface area contributed by atoms with Crippen LogP contribution < -0.4 is 10.6 Å². The number of thiol groups is 1. The molecule has 0 saturated carbocycles. The van der Waals surface area contributed by atoms with Gasteiger partial charge >= 0.3 is 6.03 Å². The van der Waals surface area contributed by atoms with Crippen LogP contribution in [0, 0.1) is 10.1 Å². The van der Waals surface area contributed by atoms with Crippen molar-refractivity contribution in [3.05, 3.63) is 28.4 Å². The van der Waals surface area contributed by atoms with Crippen LogP contribution in [0.2, 0.25) is 0 Å². The van der Waals surface area contributed by atoms with Crippen LogP contribution in [-0.2, 0) is 0 Å². The molecule has 2 N–H and O–H groups in total. The molecule has 1 heterocycles. The molecule has 0 aliphatic heterocycles. The highest BCUT2D eigenvalue weighted by molar-refractivity contribution is 7.80. The lowest BCUT2D eigenvalue weighted by molar-refractivity contribution is -0.385. The number of hydrogen-bond acceptors (Lipinski definition) is 5. The van der Waals surface area contributed by atoms with Crippen LogP contribution in [0.4, 0.5) is 16.3 Å². The average Bonchev–Trinajstić information content (AvgIpc) is 2.27. The first kappa shape index (κ1) is 12.2. The van der Waals surface area contributed by atoms with Crippen LogP contribution in [0.1, 0.15) is 0 Å². The van der Waals surface area contributed by atoms with Gasteiger partial charge in [-0.25, -0.2) is 9.78 Å². The molecule has 0 atom stereocenters. The van der Waals surface area contributed by atoms with E-state index in [0.717, 1.165) is 6.20 Å². The third-order valence-corrected chi connectivity index (χ3v) is 1.82. The van der Waals surface area contributed by atoms with E-state index in [1.807, 2.05) is 0 Å². The van der Waals surface area contributed by atoms with Gasteiger partial charge in [0.05, 0.1) is 4.92 Å². The Morgan fingerprint density at radius 1 is 1.56 bits per heavy atom. The molecule has 16 heavy (non-hydrogen) atoms. The lowest BCUT2D eigenvalue weighted by atomic mass is 10.4. The van der Waals surface area contributed by atoms with Crippen LogP contribution in [0.3, 0.4) is 0 Å². The highest BCUT2D eigenvalue weighted by Gasteiger charge is 2.06. The van der Waals surface area contributed by atoms with Gasteiger partial charge in [-0.1, -0.05) is 0 Å². The molecule has 0 aliphatic carbocycles. The van der Waals surface area contributed by atoms with Gasteiger partial charge in [0.25, 0.3) is 5.69 Å². The number of carbonyl (C=O) groups is 1. The van der Waals surface area contributed by atoms with Gasteiger partial charge in [0.2, 0.25) is 0 Å². The predicted molar refractivity (Wildman–Crippen MR) is 61.8 cm³/mol. The lowest BCUT2D eigenvalue weighted by Gasteiger charge is -2.04. The molecule has 8 heteroatoms. The van der Waals surface area contributed by atoms with Gasteiger partial charge in [-0.3, -0.25) is 15.4 Å². The van der Waals surface area contributed by atoms with E-state index >= 15 is 0 Å². The Morgan fingerprint density at radius 3 is 2.81 bits per heavy atom. The van der Waals surface area contributed by atoms with E-state index in [1.54, 1.807) is 0 Å². The third-order valence-electron chi connectivity index (χ3n) is 1.60. The van der Waals surface area contributed by atoms with Crippen molar-refractivity contribution in [2.75, 3.05) is 17.6 Å². The first-order chi connectivity index (χ1) is 7.63. The molecule has 0 unspecified atom stereocenters. The predicted octanol–water partition coefficient (Wildman–Crippen LogP) is 1.04. The summed E-state index contributed by atoms with van der Waals surface area (Å²) in [5.41, 5.74) is -0.124. The zero-order valence-corrected chi connectivity index (χ0v) is 9.11. The van der Waals surface area contributed by atoms with E-state index < -0.39 is 11.0 Å². The highest BCUT2D eigenvalue weighted by Crippen LogP contribution is 2.11. The van der Waals surface area contributed by atoms with E-state index in [-0.39, 0.29) is 11.5 Å². The number of rotatable bonds is 4. The average molecular weight is 242 g/mol. The Kier molecular flexibility index (Phi) is 4.52. The second-order valence-electron chi connectivity index (χ2n) is 2.76. The summed E-state index contributed by atoms with van der Waals surface area (Å²) >= 11 is 3.92. The summed E-state index contributed by atoms with van der Waals surface area (Å²) in [4.78, 5) is 24.7. The van der Waals surface area contributed by atoms with Gasteiger partial charge in [0.15, 0.2) is 0 Å². The minimum Gasteiger partial charge on any atom is -0.337 e. The van der Waals surface area contributed by atoms with Crippen molar-refractivity contribution in [1.82, 2.24) is 10.3 Å². The highest BCUT2D eigenvalue weighted by atomic mass is 32.1. The van der Waals surface area contributed by atoms with Crippen LogP contribution in [0.15, 0.2) is 18.3 Å². The number of amides is 2. The second kappa shape index (κ2) is 5.91. The summed E-state index contributed by atoms with van der Waals surface area (Å²) in [6.07, 6.45) is 1.08. The quantitative estimate of drug-likeness (QED) is 0.417. The SMILES string of the molecule is O=C(NCCS)Nc1ccc([N+](=O)[O-])cn1. The second-order valence-corrected chi connectivity index (χ2v) is 3.21. The van der Waals surface area contributed by atoms with Gasteiger partial charge in [-0.2, -0.15) is 12.6 Å². The van der Waals surface area contributed by atoms with Crippen molar-refractivity contribution in [3.8, 4) is 0 Å². The summed E-state index contributed by atoms with van der Waals surface area (Å²) in [5, 5.41) is 15.3. The monoisotopic (exact) mass is 242 g/mol. The first-order valence-electron chi connectivity index (χ1n) is 4.39. The fourth-order valence-corrected chi connectivity index (χ4v) is 1.01. The molecule has 0 fully saturated rings. The Hall–Kier alpha value is -1.83. The van der Waals surface area contributed by atoms with Gasteiger partial charge in [0.1, 0.15) is 12.0 Å². The van der Waals surface area contributed by atoms with Crippen molar-refractivity contribution < 1.29 is 9.72 Å².